The molecule has 0 saturated carbocycles. The topological polar surface area (TPSA) is 25.8 Å². The molecule has 2 nitrogen and oxygen atoms in total. The fraction of sp³-hybridized carbons (Fsp3) is 0.412. The Labute approximate surface area is 136 Å². The van der Waals surface area contributed by atoms with Crippen LogP contribution in [0, 0.1) is 13.8 Å². The molecule has 0 saturated heterocycles. The van der Waals surface area contributed by atoms with Gasteiger partial charge in [0.15, 0.2) is 0 Å². The van der Waals surface area contributed by atoms with Gasteiger partial charge in [-0.1, -0.05) is 56.6 Å². The van der Waals surface area contributed by atoms with Crippen LogP contribution >= 0.6 is 23.4 Å². The van der Waals surface area contributed by atoms with E-state index in [1.165, 1.54) is 11.1 Å². The first-order valence-corrected chi connectivity index (χ1v) is 8.37. The normalized spacial score (nSPS) is 11.7. The van der Waals surface area contributed by atoms with Gasteiger partial charge in [0, 0.05) is 16.7 Å². The molecule has 0 N–H and O–H groups in total. The molecule has 21 heavy (non-hydrogen) atoms. The largest absolute Gasteiger partial charge is 0.226 e. The van der Waals surface area contributed by atoms with Gasteiger partial charge >= 0.3 is 0 Å². The van der Waals surface area contributed by atoms with Gasteiger partial charge < -0.3 is 0 Å². The van der Waals surface area contributed by atoms with Crippen LogP contribution in [0.25, 0.3) is 0 Å². The van der Waals surface area contributed by atoms with E-state index >= 15 is 0 Å². The van der Waals surface area contributed by atoms with Crippen LogP contribution < -0.4 is 0 Å². The van der Waals surface area contributed by atoms with Gasteiger partial charge in [0.1, 0.15) is 16.0 Å². The number of benzene rings is 1. The fourth-order valence-electron chi connectivity index (χ4n) is 1.86. The molecule has 2 aromatic rings. The summed E-state index contributed by atoms with van der Waals surface area (Å²) in [5.41, 5.74) is 3.49. The van der Waals surface area contributed by atoms with Gasteiger partial charge in [0.2, 0.25) is 0 Å². The van der Waals surface area contributed by atoms with E-state index in [9.17, 15) is 0 Å². The Bertz CT molecular complexity index is 648. The number of halogens is 1. The molecule has 0 aliphatic heterocycles. The average Bonchev–Trinajstić information content (AvgIpc) is 2.40. The highest BCUT2D eigenvalue weighted by atomic mass is 35.5. The van der Waals surface area contributed by atoms with Crippen LogP contribution in [-0.4, -0.2) is 9.97 Å². The zero-order chi connectivity index (χ0) is 15.6. The van der Waals surface area contributed by atoms with Crippen LogP contribution in [0.2, 0.25) is 5.15 Å². The lowest BCUT2D eigenvalue weighted by Gasteiger charge is -2.18. The minimum atomic E-state index is -0.102. The SMILES string of the molecule is Cc1ccccc1CSc1nc(C(C)(C)C)nc(Cl)c1C. The summed E-state index contributed by atoms with van der Waals surface area (Å²) in [6, 6.07) is 8.43. The summed E-state index contributed by atoms with van der Waals surface area (Å²) in [4.78, 5) is 9.13. The second-order valence-corrected chi connectivity index (χ2v) is 7.56. The lowest BCUT2D eigenvalue weighted by molar-refractivity contribution is 0.537. The minimum Gasteiger partial charge on any atom is -0.226 e. The van der Waals surface area contributed by atoms with Crippen molar-refractivity contribution in [3.8, 4) is 0 Å². The van der Waals surface area contributed by atoms with Crippen molar-refractivity contribution < 1.29 is 0 Å². The van der Waals surface area contributed by atoms with Gasteiger partial charge in [-0.15, -0.1) is 11.8 Å². The van der Waals surface area contributed by atoms with Crippen LogP contribution in [0.1, 0.15) is 43.3 Å². The van der Waals surface area contributed by atoms with Gasteiger partial charge in [-0.25, -0.2) is 9.97 Å². The van der Waals surface area contributed by atoms with Crippen molar-refractivity contribution in [3.63, 3.8) is 0 Å². The fourth-order valence-corrected chi connectivity index (χ4v) is 3.17. The molecule has 0 unspecified atom stereocenters. The molecule has 1 aromatic carbocycles. The van der Waals surface area contributed by atoms with E-state index in [2.05, 4.69) is 56.9 Å². The maximum Gasteiger partial charge on any atom is 0.136 e. The van der Waals surface area contributed by atoms with Gasteiger partial charge in [-0.05, 0) is 25.0 Å². The maximum atomic E-state index is 6.27. The van der Waals surface area contributed by atoms with Crippen molar-refractivity contribution in [2.45, 2.75) is 50.8 Å². The average molecular weight is 321 g/mol. The molecule has 0 aliphatic rings. The van der Waals surface area contributed by atoms with E-state index in [1.807, 2.05) is 6.92 Å². The quantitative estimate of drug-likeness (QED) is 0.564. The van der Waals surface area contributed by atoms with E-state index in [0.717, 1.165) is 22.2 Å². The van der Waals surface area contributed by atoms with Gasteiger partial charge in [0.25, 0.3) is 0 Å². The molecule has 0 aliphatic carbocycles. The predicted molar refractivity (Wildman–Crippen MR) is 91.2 cm³/mol. The molecule has 1 heterocycles. The monoisotopic (exact) mass is 320 g/mol. The van der Waals surface area contributed by atoms with Crippen LogP contribution in [0.3, 0.4) is 0 Å². The summed E-state index contributed by atoms with van der Waals surface area (Å²) in [6.07, 6.45) is 0. The van der Waals surface area contributed by atoms with Crippen LogP contribution in [0.5, 0.6) is 0 Å². The van der Waals surface area contributed by atoms with Crippen LogP contribution in [-0.2, 0) is 11.2 Å². The highest BCUT2D eigenvalue weighted by Gasteiger charge is 2.20. The van der Waals surface area contributed by atoms with Crippen molar-refractivity contribution in [2.24, 2.45) is 0 Å². The molecule has 112 valence electrons. The van der Waals surface area contributed by atoms with Gasteiger partial charge in [-0.2, -0.15) is 0 Å². The molecule has 0 fully saturated rings. The molecule has 2 rings (SSSR count). The summed E-state index contributed by atoms with van der Waals surface area (Å²) < 4.78 is 0. The molecule has 0 radical (unpaired) electrons. The lowest BCUT2D eigenvalue weighted by Crippen LogP contribution is -2.17. The molecular formula is C17H21ClN2S. The Morgan fingerprint density at radius 1 is 1.10 bits per heavy atom. The number of rotatable bonds is 3. The second kappa shape index (κ2) is 6.37. The lowest BCUT2D eigenvalue weighted by atomic mass is 9.96. The van der Waals surface area contributed by atoms with E-state index in [1.54, 1.807) is 11.8 Å². The zero-order valence-electron chi connectivity index (χ0n) is 13.2. The van der Waals surface area contributed by atoms with Gasteiger partial charge in [0.05, 0.1) is 0 Å². The summed E-state index contributed by atoms with van der Waals surface area (Å²) in [7, 11) is 0. The maximum absolute atomic E-state index is 6.27. The van der Waals surface area contributed by atoms with E-state index < -0.39 is 0 Å². The first-order valence-electron chi connectivity index (χ1n) is 7.01. The summed E-state index contributed by atoms with van der Waals surface area (Å²) in [6.45, 7) is 10.4. The molecule has 0 spiro atoms. The van der Waals surface area contributed by atoms with Crippen LogP contribution in [0.4, 0.5) is 0 Å². The Morgan fingerprint density at radius 2 is 1.76 bits per heavy atom. The zero-order valence-corrected chi connectivity index (χ0v) is 14.8. The standard InChI is InChI=1S/C17H21ClN2S/c1-11-8-6-7-9-13(11)10-21-15-12(2)14(18)19-16(20-15)17(3,4)5/h6-9H,10H2,1-5H3. The Hall–Kier alpha value is -1.06. The molecule has 1 aromatic heterocycles. The van der Waals surface area contributed by atoms with E-state index in [4.69, 9.17) is 16.6 Å². The van der Waals surface area contributed by atoms with Crippen LogP contribution in [0.15, 0.2) is 29.3 Å². The number of nitrogens with zero attached hydrogens (tertiary/aromatic N) is 2. The third-order valence-corrected chi connectivity index (χ3v) is 4.83. The summed E-state index contributed by atoms with van der Waals surface area (Å²) >= 11 is 8.00. The number of aryl methyl sites for hydroxylation is 1. The molecule has 0 bridgehead atoms. The van der Waals surface area contributed by atoms with E-state index in [-0.39, 0.29) is 5.41 Å². The smallest absolute Gasteiger partial charge is 0.136 e. The Balaban J connectivity index is 2.28. The Kier molecular flexibility index (Phi) is 4.95. The Morgan fingerprint density at radius 3 is 2.38 bits per heavy atom. The highest BCUT2D eigenvalue weighted by Crippen LogP contribution is 2.31. The summed E-state index contributed by atoms with van der Waals surface area (Å²) in [5.74, 6) is 1.69. The number of thioether (sulfide) groups is 1. The second-order valence-electron chi connectivity index (χ2n) is 6.23. The molecular weight excluding hydrogens is 300 g/mol. The molecule has 4 heteroatoms. The molecule has 0 atom stereocenters. The first-order chi connectivity index (χ1) is 9.79. The van der Waals surface area contributed by atoms with Crippen molar-refractivity contribution >= 4 is 23.4 Å². The highest BCUT2D eigenvalue weighted by molar-refractivity contribution is 7.98. The van der Waals surface area contributed by atoms with E-state index in [0.29, 0.717) is 5.15 Å². The number of aromatic nitrogens is 2. The number of hydrogen-bond donors (Lipinski definition) is 0. The predicted octanol–water partition coefficient (Wildman–Crippen LogP) is 5.34. The van der Waals surface area contributed by atoms with Crippen molar-refractivity contribution in [3.05, 3.63) is 51.9 Å². The van der Waals surface area contributed by atoms with Crippen molar-refractivity contribution in [2.75, 3.05) is 0 Å². The van der Waals surface area contributed by atoms with Gasteiger partial charge in [-0.3, -0.25) is 0 Å². The summed E-state index contributed by atoms with van der Waals surface area (Å²) in [5, 5.41) is 1.53. The third-order valence-electron chi connectivity index (χ3n) is 3.34. The third kappa shape index (κ3) is 3.98. The number of hydrogen-bond acceptors (Lipinski definition) is 3. The first kappa shape index (κ1) is 16.3. The van der Waals surface area contributed by atoms with Crippen molar-refractivity contribution in [1.82, 2.24) is 9.97 Å². The molecule has 0 amide bonds. The van der Waals surface area contributed by atoms with Crippen molar-refractivity contribution in [1.29, 1.82) is 0 Å². The minimum absolute atomic E-state index is 0.102.